The van der Waals surface area contributed by atoms with E-state index in [2.05, 4.69) is 241 Å². The van der Waals surface area contributed by atoms with Crippen LogP contribution in [0.2, 0.25) is 0 Å². The van der Waals surface area contributed by atoms with Crippen molar-refractivity contribution in [2.45, 2.75) is 59.3 Å². The van der Waals surface area contributed by atoms with E-state index in [0.717, 1.165) is 83.6 Å². The lowest BCUT2D eigenvalue weighted by Crippen LogP contribution is -2.13. The molecule has 0 aliphatic carbocycles. The fourth-order valence-corrected chi connectivity index (χ4v) is 9.31. The van der Waals surface area contributed by atoms with E-state index >= 15 is 0 Å². The van der Waals surface area contributed by atoms with Gasteiger partial charge in [0.25, 0.3) is 0 Å². The van der Waals surface area contributed by atoms with Crippen molar-refractivity contribution in [1.29, 1.82) is 0 Å². The van der Waals surface area contributed by atoms with Crippen molar-refractivity contribution in [3.63, 3.8) is 0 Å². The molecule has 0 atom stereocenters. The Hall–Kier alpha value is -7.82. The SMILES string of the molecule is Cc1cc(-c2nc3c(-c4cc(-c5ccccc5)cc(-c5cc(-c6ccc(-c7ccccc7)cc6)ccn5)c4)cccc3n2-c2ccc(C(C)(C)C)cc2-c2ccccc2)c(O)c(C(C)(C)C)c1. The molecule has 4 heteroatoms. The van der Waals surface area contributed by atoms with Gasteiger partial charge in [-0.25, -0.2) is 4.98 Å². The van der Waals surface area contributed by atoms with Gasteiger partial charge in [0.1, 0.15) is 11.6 Å². The molecule has 8 aromatic carbocycles. The van der Waals surface area contributed by atoms with Crippen LogP contribution in [-0.4, -0.2) is 19.6 Å². The number of aromatic hydroxyl groups is 1. The second kappa shape index (κ2) is 17.2. The van der Waals surface area contributed by atoms with Gasteiger partial charge in [-0.3, -0.25) is 9.55 Å². The van der Waals surface area contributed by atoms with E-state index in [9.17, 15) is 5.11 Å². The number of pyridine rings is 1. The predicted octanol–water partition coefficient (Wildman–Crippen LogP) is 16.7. The maximum atomic E-state index is 12.4. The second-order valence-electron chi connectivity index (χ2n) is 19.8. The zero-order valence-corrected chi connectivity index (χ0v) is 39.3. The molecule has 0 fully saturated rings. The molecule has 0 aliphatic heterocycles. The summed E-state index contributed by atoms with van der Waals surface area (Å²) in [6.07, 6.45) is 1.91. The Bertz CT molecular complexity index is 3410. The molecule has 0 spiro atoms. The second-order valence-corrected chi connectivity index (χ2v) is 19.8. The van der Waals surface area contributed by atoms with Crippen molar-refractivity contribution in [2.24, 2.45) is 0 Å². The van der Waals surface area contributed by atoms with Crippen LogP contribution in [0.4, 0.5) is 0 Å². The number of phenols is 1. The van der Waals surface area contributed by atoms with Crippen LogP contribution in [0.1, 0.15) is 58.2 Å². The summed E-state index contributed by atoms with van der Waals surface area (Å²) in [7, 11) is 0. The van der Waals surface area contributed by atoms with E-state index in [1.807, 2.05) is 12.3 Å². The number of fused-ring (bicyclic) bond motifs is 1. The molecule has 0 saturated carbocycles. The average Bonchev–Trinajstić information content (AvgIpc) is 3.74. The number of imidazole rings is 1. The van der Waals surface area contributed by atoms with Gasteiger partial charge >= 0.3 is 0 Å². The molecule has 328 valence electrons. The summed E-state index contributed by atoms with van der Waals surface area (Å²) < 4.78 is 2.27. The summed E-state index contributed by atoms with van der Waals surface area (Å²) in [5.41, 5.74) is 19.2. The maximum absolute atomic E-state index is 12.4. The number of hydrogen-bond donors (Lipinski definition) is 1. The summed E-state index contributed by atoms with van der Waals surface area (Å²) in [5, 5.41) is 12.4. The topological polar surface area (TPSA) is 50.9 Å². The lowest BCUT2D eigenvalue weighted by molar-refractivity contribution is 0.448. The minimum absolute atomic E-state index is 0.0751. The molecule has 2 heterocycles. The van der Waals surface area contributed by atoms with Crippen molar-refractivity contribution in [3.8, 4) is 89.7 Å². The summed E-state index contributed by atoms with van der Waals surface area (Å²) in [6.45, 7) is 15.3. The highest BCUT2D eigenvalue weighted by molar-refractivity contribution is 5.98. The number of phenolic OH excluding ortho intramolecular Hbond substituents is 1. The Balaban J connectivity index is 1.20. The highest BCUT2D eigenvalue weighted by Crippen LogP contribution is 2.45. The lowest BCUT2D eigenvalue weighted by Gasteiger charge is -2.24. The molecule has 10 aromatic rings. The molecular weight excluding hydrogens is 815 g/mol. The molecule has 4 nitrogen and oxygen atoms in total. The number of aryl methyl sites for hydroxylation is 1. The lowest BCUT2D eigenvalue weighted by atomic mass is 9.84. The smallest absolute Gasteiger partial charge is 0.149 e. The molecule has 10 rings (SSSR count). The number of aromatic nitrogens is 3. The van der Waals surface area contributed by atoms with Crippen LogP contribution >= 0.6 is 0 Å². The van der Waals surface area contributed by atoms with Crippen molar-refractivity contribution in [3.05, 3.63) is 217 Å². The van der Waals surface area contributed by atoms with Gasteiger partial charge in [0.05, 0.1) is 28.0 Å². The molecule has 1 N–H and O–H groups in total. The van der Waals surface area contributed by atoms with Gasteiger partial charge in [0, 0.05) is 28.5 Å². The van der Waals surface area contributed by atoms with Crippen LogP contribution in [-0.2, 0) is 10.8 Å². The first-order chi connectivity index (χ1) is 32.3. The van der Waals surface area contributed by atoms with Gasteiger partial charge in [-0.05, 0) is 128 Å². The molecule has 2 aromatic heterocycles. The predicted molar refractivity (Wildman–Crippen MR) is 281 cm³/mol. The third kappa shape index (κ3) is 8.48. The molecule has 67 heavy (non-hydrogen) atoms. The van der Waals surface area contributed by atoms with Gasteiger partial charge < -0.3 is 5.11 Å². The van der Waals surface area contributed by atoms with Crippen molar-refractivity contribution >= 4 is 11.0 Å². The number of nitrogens with zero attached hydrogens (tertiary/aromatic N) is 3. The number of para-hydroxylation sites is 1. The van der Waals surface area contributed by atoms with E-state index in [4.69, 9.17) is 9.97 Å². The molecule has 0 amide bonds. The third-order valence-electron chi connectivity index (χ3n) is 12.9. The summed E-state index contributed by atoms with van der Waals surface area (Å²) >= 11 is 0. The van der Waals surface area contributed by atoms with E-state index in [-0.39, 0.29) is 16.6 Å². The number of rotatable bonds is 8. The Morgan fingerprint density at radius 2 is 1.01 bits per heavy atom. The van der Waals surface area contributed by atoms with Gasteiger partial charge in [-0.2, -0.15) is 0 Å². The zero-order valence-electron chi connectivity index (χ0n) is 39.3. The fraction of sp³-hybridized carbons (Fsp3) is 0.143. The molecule has 0 unspecified atom stereocenters. The Labute approximate surface area is 395 Å². The number of hydrogen-bond acceptors (Lipinski definition) is 3. The maximum Gasteiger partial charge on any atom is 0.149 e. The largest absolute Gasteiger partial charge is 0.507 e. The summed E-state index contributed by atoms with van der Waals surface area (Å²) in [4.78, 5) is 10.6. The van der Waals surface area contributed by atoms with Crippen LogP contribution in [0.5, 0.6) is 5.75 Å². The van der Waals surface area contributed by atoms with Crippen molar-refractivity contribution in [1.82, 2.24) is 14.5 Å². The summed E-state index contributed by atoms with van der Waals surface area (Å²) in [5.74, 6) is 0.930. The quantitative estimate of drug-likeness (QED) is 0.165. The Morgan fingerprint density at radius 3 is 1.66 bits per heavy atom. The van der Waals surface area contributed by atoms with Crippen LogP contribution in [0, 0.1) is 6.92 Å². The van der Waals surface area contributed by atoms with Crippen molar-refractivity contribution in [2.75, 3.05) is 0 Å². The van der Waals surface area contributed by atoms with Crippen LogP contribution in [0.25, 0.3) is 95.0 Å². The minimum Gasteiger partial charge on any atom is -0.507 e. The van der Waals surface area contributed by atoms with Gasteiger partial charge in [0.2, 0.25) is 0 Å². The monoisotopic (exact) mass is 869 g/mol. The molecule has 0 aliphatic rings. The van der Waals surface area contributed by atoms with Crippen LogP contribution < -0.4 is 0 Å². The first kappa shape index (κ1) is 43.1. The molecule has 0 radical (unpaired) electrons. The molecule has 0 bridgehead atoms. The summed E-state index contributed by atoms with van der Waals surface area (Å²) in [6, 6.07) is 68.9. The van der Waals surface area contributed by atoms with Crippen LogP contribution in [0.15, 0.2) is 200 Å². The standard InChI is InChI=1S/C63H55N3O/c1-41-34-54(60(67)55(35-41)63(5,6)7)61-65-59-52(24-17-25-58(59)66(61)57-31-30-51(62(2,3)4)40-53(57)46-22-15-10-16-23-46)49-36-48(43-20-13-9-14-21-43)37-50(38-49)56-39-47(32-33-64-56)45-28-26-44(27-29-45)42-18-11-8-12-19-42/h8-40,67H,1-7H3. The highest BCUT2D eigenvalue weighted by Gasteiger charge is 2.27. The minimum atomic E-state index is -0.304. The van der Waals surface area contributed by atoms with Gasteiger partial charge in [-0.1, -0.05) is 181 Å². The number of benzene rings is 8. The van der Waals surface area contributed by atoms with Crippen molar-refractivity contribution < 1.29 is 5.11 Å². The normalized spacial score (nSPS) is 11.9. The van der Waals surface area contributed by atoms with E-state index in [1.54, 1.807) is 0 Å². The molecular formula is C63H55N3O. The fourth-order valence-electron chi connectivity index (χ4n) is 9.31. The van der Waals surface area contributed by atoms with E-state index in [1.165, 1.54) is 16.7 Å². The zero-order chi connectivity index (χ0) is 46.5. The Kier molecular flexibility index (Phi) is 11.1. The van der Waals surface area contributed by atoms with E-state index in [0.29, 0.717) is 11.4 Å². The van der Waals surface area contributed by atoms with Crippen LogP contribution in [0.3, 0.4) is 0 Å². The molecule has 0 saturated heterocycles. The highest BCUT2D eigenvalue weighted by atomic mass is 16.3. The first-order valence-electron chi connectivity index (χ1n) is 23.2. The van der Waals surface area contributed by atoms with Gasteiger partial charge in [0.15, 0.2) is 0 Å². The third-order valence-corrected chi connectivity index (χ3v) is 12.9. The first-order valence-corrected chi connectivity index (χ1v) is 23.2. The van der Waals surface area contributed by atoms with Gasteiger partial charge in [-0.15, -0.1) is 0 Å². The Morgan fingerprint density at radius 1 is 0.433 bits per heavy atom. The average molecular weight is 870 g/mol. The van der Waals surface area contributed by atoms with E-state index < -0.39 is 0 Å².